The van der Waals surface area contributed by atoms with Crippen molar-refractivity contribution < 1.29 is 4.74 Å². The molecule has 1 aliphatic rings. The first-order valence-corrected chi connectivity index (χ1v) is 7.36. The van der Waals surface area contributed by atoms with Gasteiger partial charge in [0.2, 0.25) is 0 Å². The molecule has 2 unspecified atom stereocenters. The molecular weight excluding hydrogens is 236 g/mol. The molecule has 0 heterocycles. The van der Waals surface area contributed by atoms with Crippen molar-refractivity contribution in [1.29, 1.82) is 0 Å². The van der Waals surface area contributed by atoms with Gasteiger partial charge >= 0.3 is 0 Å². The normalized spacial score (nSPS) is 23.1. The van der Waals surface area contributed by atoms with Crippen LogP contribution < -0.4 is 15.0 Å². The van der Waals surface area contributed by atoms with Gasteiger partial charge in [-0.05, 0) is 44.4 Å². The average molecular weight is 262 g/mol. The molecule has 1 saturated carbocycles. The van der Waals surface area contributed by atoms with Crippen molar-refractivity contribution in [1.82, 2.24) is 5.32 Å². The van der Waals surface area contributed by atoms with Crippen LogP contribution in [0.4, 0.5) is 5.69 Å². The van der Waals surface area contributed by atoms with Crippen LogP contribution in [0.1, 0.15) is 32.6 Å². The summed E-state index contributed by atoms with van der Waals surface area (Å²) in [7, 11) is 4.11. The minimum atomic E-state index is 0.357. The van der Waals surface area contributed by atoms with Gasteiger partial charge in [-0.15, -0.1) is 0 Å². The number of hydrogen-bond acceptors (Lipinski definition) is 3. The van der Waals surface area contributed by atoms with Gasteiger partial charge in [0.15, 0.2) is 0 Å². The van der Waals surface area contributed by atoms with E-state index in [0.29, 0.717) is 12.1 Å². The predicted octanol–water partition coefficient (Wildman–Crippen LogP) is 3.05. The largest absolute Gasteiger partial charge is 0.490 e. The number of ether oxygens (including phenoxy) is 1. The van der Waals surface area contributed by atoms with Gasteiger partial charge < -0.3 is 15.0 Å². The van der Waals surface area contributed by atoms with Crippen LogP contribution in [0.15, 0.2) is 24.3 Å². The Morgan fingerprint density at radius 2 is 2.16 bits per heavy atom. The Labute approximate surface area is 116 Å². The molecular formula is C16H26N2O. The first-order chi connectivity index (χ1) is 9.19. The van der Waals surface area contributed by atoms with Crippen LogP contribution >= 0.6 is 0 Å². The second kappa shape index (κ2) is 6.80. The minimum absolute atomic E-state index is 0.357. The van der Waals surface area contributed by atoms with E-state index in [1.165, 1.54) is 24.9 Å². The molecule has 2 rings (SSSR count). The van der Waals surface area contributed by atoms with E-state index in [0.717, 1.165) is 18.7 Å². The summed E-state index contributed by atoms with van der Waals surface area (Å²) in [6.45, 7) is 3.22. The van der Waals surface area contributed by atoms with E-state index in [-0.39, 0.29) is 0 Å². The van der Waals surface area contributed by atoms with Crippen LogP contribution in [0.5, 0.6) is 5.75 Å². The number of nitrogens with one attached hydrogen (secondary N) is 1. The third-order valence-electron chi connectivity index (χ3n) is 3.76. The Balaban J connectivity index is 1.94. The smallest absolute Gasteiger partial charge is 0.121 e. The third-order valence-corrected chi connectivity index (χ3v) is 3.76. The zero-order valence-electron chi connectivity index (χ0n) is 12.4. The van der Waals surface area contributed by atoms with Gasteiger partial charge in [0.25, 0.3) is 0 Å². The highest BCUT2D eigenvalue weighted by molar-refractivity contribution is 5.49. The highest BCUT2D eigenvalue weighted by atomic mass is 16.5. The topological polar surface area (TPSA) is 24.5 Å². The van der Waals surface area contributed by atoms with Gasteiger partial charge in [-0.3, -0.25) is 0 Å². The molecule has 1 N–H and O–H groups in total. The maximum Gasteiger partial charge on any atom is 0.121 e. The fraction of sp³-hybridized carbons (Fsp3) is 0.625. The molecule has 0 aliphatic heterocycles. The summed E-state index contributed by atoms with van der Waals surface area (Å²) >= 11 is 0. The van der Waals surface area contributed by atoms with Crippen molar-refractivity contribution in [2.45, 2.75) is 44.8 Å². The molecule has 2 atom stereocenters. The minimum Gasteiger partial charge on any atom is -0.490 e. The lowest BCUT2D eigenvalue weighted by Crippen LogP contribution is -2.37. The number of nitrogens with zero attached hydrogens (tertiary/aromatic N) is 1. The van der Waals surface area contributed by atoms with Crippen LogP contribution in [-0.4, -0.2) is 32.8 Å². The number of rotatable bonds is 5. The molecule has 0 bridgehead atoms. The SMILES string of the molecule is CCNC1CCCC(Oc2cccc(N(C)C)c2)C1. The molecule has 1 aromatic rings. The highest BCUT2D eigenvalue weighted by Gasteiger charge is 2.22. The van der Waals surface area contributed by atoms with Crippen LogP contribution in [0.3, 0.4) is 0 Å². The molecule has 1 aliphatic carbocycles. The van der Waals surface area contributed by atoms with Crippen LogP contribution in [0.2, 0.25) is 0 Å². The van der Waals surface area contributed by atoms with E-state index >= 15 is 0 Å². The Bertz CT molecular complexity index is 390. The molecule has 19 heavy (non-hydrogen) atoms. The van der Waals surface area contributed by atoms with Crippen molar-refractivity contribution >= 4 is 5.69 Å². The monoisotopic (exact) mass is 262 g/mol. The van der Waals surface area contributed by atoms with Crippen LogP contribution in [-0.2, 0) is 0 Å². The van der Waals surface area contributed by atoms with E-state index in [1.54, 1.807) is 0 Å². The second-order valence-electron chi connectivity index (χ2n) is 5.55. The van der Waals surface area contributed by atoms with Crippen molar-refractivity contribution in [3.63, 3.8) is 0 Å². The summed E-state index contributed by atoms with van der Waals surface area (Å²) < 4.78 is 6.16. The van der Waals surface area contributed by atoms with Crippen molar-refractivity contribution in [3.8, 4) is 5.75 Å². The molecule has 0 saturated heterocycles. The van der Waals surface area contributed by atoms with Gasteiger partial charge in [-0.25, -0.2) is 0 Å². The van der Waals surface area contributed by atoms with Gasteiger partial charge in [0, 0.05) is 31.9 Å². The first kappa shape index (κ1) is 14.2. The molecule has 1 aromatic carbocycles. The summed E-state index contributed by atoms with van der Waals surface area (Å²) in [6, 6.07) is 8.98. The summed E-state index contributed by atoms with van der Waals surface area (Å²) in [5, 5.41) is 3.54. The molecule has 1 fully saturated rings. The van der Waals surface area contributed by atoms with E-state index in [2.05, 4.69) is 55.5 Å². The Morgan fingerprint density at radius 3 is 2.89 bits per heavy atom. The molecule has 3 nitrogen and oxygen atoms in total. The van der Waals surface area contributed by atoms with Crippen molar-refractivity contribution in [3.05, 3.63) is 24.3 Å². The van der Waals surface area contributed by atoms with Crippen molar-refractivity contribution in [2.24, 2.45) is 0 Å². The summed E-state index contributed by atoms with van der Waals surface area (Å²) in [6.07, 6.45) is 5.20. The van der Waals surface area contributed by atoms with Crippen LogP contribution in [0, 0.1) is 0 Å². The van der Waals surface area contributed by atoms with Gasteiger partial charge in [0.05, 0.1) is 0 Å². The highest BCUT2D eigenvalue weighted by Crippen LogP contribution is 2.26. The molecule has 0 amide bonds. The Morgan fingerprint density at radius 1 is 1.32 bits per heavy atom. The Hall–Kier alpha value is -1.22. The third kappa shape index (κ3) is 4.13. The van der Waals surface area contributed by atoms with Crippen molar-refractivity contribution in [2.75, 3.05) is 25.5 Å². The maximum atomic E-state index is 6.16. The van der Waals surface area contributed by atoms with Crippen LogP contribution in [0.25, 0.3) is 0 Å². The standard InChI is InChI=1S/C16H26N2O/c1-4-17-13-7-5-9-15(11-13)19-16-10-6-8-14(12-16)18(2)3/h6,8,10,12-13,15,17H,4-5,7,9,11H2,1-3H3. The van der Waals surface area contributed by atoms with Gasteiger partial charge in [-0.2, -0.15) is 0 Å². The predicted molar refractivity (Wildman–Crippen MR) is 81.1 cm³/mol. The summed E-state index contributed by atoms with van der Waals surface area (Å²) in [5.41, 5.74) is 1.19. The molecule has 106 valence electrons. The average Bonchev–Trinajstić information content (AvgIpc) is 2.40. The molecule has 0 spiro atoms. The Kier molecular flexibility index (Phi) is 5.08. The number of anilines is 1. The lowest BCUT2D eigenvalue weighted by molar-refractivity contribution is 0.135. The molecule has 0 aromatic heterocycles. The van der Waals surface area contributed by atoms with E-state index < -0.39 is 0 Å². The van der Waals surface area contributed by atoms with Gasteiger partial charge in [0.1, 0.15) is 11.9 Å². The lowest BCUT2D eigenvalue weighted by Gasteiger charge is -2.30. The second-order valence-corrected chi connectivity index (χ2v) is 5.55. The zero-order chi connectivity index (χ0) is 13.7. The quantitative estimate of drug-likeness (QED) is 0.882. The fourth-order valence-electron chi connectivity index (χ4n) is 2.75. The summed E-state index contributed by atoms with van der Waals surface area (Å²) in [5.74, 6) is 0.994. The zero-order valence-corrected chi connectivity index (χ0v) is 12.4. The first-order valence-electron chi connectivity index (χ1n) is 7.36. The molecule has 3 heteroatoms. The maximum absolute atomic E-state index is 6.16. The van der Waals surface area contributed by atoms with E-state index in [1.807, 2.05) is 0 Å². The van der Waals surface area contributed by atoms with E-state index in [4.69, 9.17) is 4.74 Å². The number of hydrogen-bond donors (Lipinski definition) is 1. The van der Waals surface area contributed by atoms with E-state index in [9.17, 15) is 0 Å². The summed E-state index contributed by atoms with van der Waals surface area (Å²) in [4.78, 5) is 2.11. The van der Waals surface area contributed by atoms with Gasteiger partial charge in [-0.1, -0.05) is 13.0 Å². The lowest BCUT2D eigenvalue weighted by atomic mass is 9.93. The number of benzene rings is 1. The fourth-order valence-corrected chi connectivity index (χ4v) is 2.75. The molecule has 0 radical (unpaired) electrons.